The molecule has 18 heavy (non-hydrogen) atoms. The standard InChI is InChI=1S/C13H19N3O2/c1-3-16(2)13(18)10-15-12(17)9-14-11-7-5-4-6-8-11/h4-8,14H,3,9-10H2,1-2H3,(H,15,17). The topological polar surface area (TPSA) is 61.4 Å². The van der Waals surface area contributed by atoms with Gasteiger partial charge in [-0.05, 0) is 19.1 Å². The molecule has 0 radical (unpaired) electrons. The summed E-state index contributed by atoms with van der Waals surface area (Å²) in [4.78, 5) is 24.5. The van der Waals surface area contributed by atoms with Crippen LogP contribution in [0.1, 0.15) is 6.92 Å². The van der Waals surface area contributed by atoms with Crippen molar-refractivity contribution in [2.75, 3.05) is 32.0 Å². The van der Waals surface area contributed by atoms with Crippen molar-refractivity contribution < 1.29 is 9.59 Å². The SMILES string of the molecule is CCN(C)C(=O)CNC(=O)CNc1ccccc1. The molecule has 1 aromatic rings. The van der Waals surface area contributed by atoms with Gasteiger partial charge >= 0.3 is 0 Å². The molecule has 0 aromatic heterocycles. The maximum absolute atomic E-state index is 11.5. The molecule has 1 aromatic carbocycles. The van der Waals surface area contributed by atoms with Gasteiger partial charge in [0, 0.05) is 19.3 Å². The van der Waals surface area contributed by atoms with Crippen molar-refractivity contribution in [3.63, 3.8) is 0 Å². The quantitative estimate of drug-likeness (QED) is 0.780. The van der Waals surface area contributed by atoms with Crippen molar-refractivity contribution in [2.45, 2.75) is 6.92 Å². The van der Waals surface area contributed by atoms with Crippen LogP contribution in [-0.2, 0) is 9.59 Å². The van der Waals surface area contributed by atoms with E-state index in [0.29, 0.717) is 6.54 Å². The molecule has 5 nitrogen and oxygen atoms in total. The molecule has 0 saturated heterocycles. The highest BCUT2D eigenvalue weighted by molar-refractivity contribution is 5.86. The van der Waals surface area contributed by atoms with Crippen molar-refractivity contribution in [1.29, 1.82) is 0 Å². The predicted octanol–water partition coefficient (Wildman–Crippen LogP) is 0.693. The second-order valence-corrected chi connectivity index (χ2v) is 3.90. The number of likely N-dealkylation sites (N-methyl/N-ethyl adjacent to an activating group) is 1. The van der Waals surface area contributed by atoms with Crippen LogP contribution in [0.25, 0.3) is 0 Å². The summed E-state index contributed by atoms with van der Waals surface area (Å²) in [5, 5.41) is 5.55. The lowest BCUT2D eigenvalue weighted by Gasteiger charge is -2.14. The normalized spacial score (nSPS) is 9.67. The van der Waals surface area contributed by atoms with Crippen LogP contribution in [0.3, 0.4) is 0 Å². The molecule has 0 fully saturated rings. The first kappa shape index (κ1) is 14.0. The molecule has 98 valence electrons. The Balaban J connectivity index is 2.24. The molecule has 1 rings (SSSR count). The van der Waals surface area contributed by atoms with Gasteiger partial charge in [0.1, 0.15) is 0 Å². The Labute approximate surface area is 107 Å². The van der Waals surface area contributed by atoms with E-state index in [-0.39, 0.29) is 24.9 Å². The van der Waals surface area contributed by atoms with Crippen LogP contribution < -0.4 is 10.6 Å². The molecular formula is C13H19N3O2. The Hall–Kier alpha value is -2.04. The summed E-state index contributed by atoms with van der Waals surface area (Å²) in [6, 6.07) is 9.44. The number of para-hydroxylation sites is 1. The van der Waals surface area contributed by atoms with Crippen LogP contribution in [0.15, 0.2) is 30.3 Å². The molecule has 2 amide bonds. The fourth-order valence-electron chi connectivity index (χ4n) is 1.29. The highest BCUT2D eigenvalue weighted by Crippen LogP contribution is 2.03. The van der Waals surface area contributed by atoms with E-state index in [2.05, 4.69) is 10.6 Å². The molecule has 0 saturated carbocycles. The van der Waals surface area contributed by atoms with Crippen molar-refractivity contribution in [3.05, 3.63) is 30.3 Å². The molecule has 0 heterocycles. The fraction of sp³-hybridized carbons (Fsp3) is 0.385. The number of nitrogens with zero attached hydrogens (tertiary/aromatic N) is 1. The van der Waals surface area contributed by atoms with Crippen molar-refractivity contribution >= 4 is 17.5 Å². The third-order valence-corrected chi connectivity index (χ3v) is 2.56. The van der Waals surface area contributed by atoms with Gasteiger partial charge in [-0.3, -0.25) is 9.59 Å². The number of nitrogens with one attached hydrogen (secondary N) is 2. The van der Waals surface area contributed by atoms with Crippen molar-refractivity contribution in [2.24, 2.45) is 0 Å². The zero-order chi connectivity index (χ0) is 13.4. The van der Waals surface area contributed by atoms with Gasteiger partial charge in [-0.2, -0.15) is 0 Å². The number of hydrogen-bond donors (Lipinski definition) is 2. The van der Waals surface area contributed by atoms with E-state index in [4.69, 9.17) is 0 Å². The number of carbonyl (C=O) groups excluding carboxylic acids is 2. The zero-order valence-electron chi connectivity index (χ0n) is 10.8. The van der Waals surface area contributed by atoms with Crippen LogP contribution in [0, 0.1) is 0 Å². The molecule has 0 aliphatic rings. The van der Waals surface area contributed by atoms with Crippen LogP contribution in [-0.4, -0.2) is 43.4 Å². The van der Waals surface area contributed by atoms with Crippen LogP contribution in [0.2, 0.25) is 0 Å². The molecule has 0 atom stereocenters. The molecule has 0 aliphatic carbocycles. The van der Waals surface area contributed by atoms with Crippen LogP contribution >= 0.6 is 0 Å². The first-order valence-corrected chi connectivity index (χ1v) is 5.93. The minimum Gasteiger partial charge on any atom is -0.376 e. The second kappa shape index (κ2) is 7.32. The number of rotatable bonds is 6. The first-order valence-electron chi connectivity index (χ1n) is 5.93. The van der Waals surface area contributed by atoms with Gasteiger partial charge in [0.25, 0.3) is 0 Å². The van der Waals surface area contributed by atoms with Crippen LogP contribution in [0.5, 0.6) is 0 Å². The summed E-state index contributed by atoms with van der Waals surface area (Å²) >= 11 is 0. The predicted molar refractivity (Wildman–Crippen MR) is 71.3 cm³/mol. The average molecular weight is 249 g/mol. The maximum atomic E-state index is 11.5. The summed E-state index contributed by atoms with van der Waals surface area (Å²) in [5.74, 6) is -0.290. The lowest BCUT2D eigenvalue weighted by molar-refractivity contribution is -0.131. The molecular weight excluding hydrogens is 230 g/mol. The van der Waals surface area contributed by atoms with E-state index in [0.717, 1.165) is 5.69 Å². The number of amides is 2. The van der Waals surface area contributed by atoms with E-state index >= 15 is 0 Å². The van der Waals surface area contributed by atoms with Gasteiger partial charge in [0.05, 0.1) is 13.1 Å². The van der Waals surface area contributed by atoms with Gasteiger partial charge in [0.2, 0.25) is 11.8 Å². The largest absolute Gasteiger partial charge is 0.376 e. The van der Waals surface area contributed by atoms with Crippen molar-refractivity contribution in [1.82, 2.24) is 10.2 Å². The van der Waals surface area contributed by atoms with Gasteiger partial charge in [0.15, 0.2) is 0 Å². The average Bonchev–Trinajstić information content (AvgIpc) is 2.42. The van der Waals surface area contributed by atoms with E-state index in [1.54, 1.807) is 11.9 Å². The van der Waals surface area contributed by atoms with E-state index in [1.165, 1.54) is 0 Å². The van der Waals surface area contributed by atoms with Gasteiger partial charge in [-0.15, -0.1) is 0 Å². The minimum atomic E-state index is -0.197. The molecule has 0 bridgehead atoms. The monoisotopic (exact) mass is 249 g/mol. The van der Waals surface area contributed by atoms with E-state index in [1.807, 2.05) is 37.3 Å². The van der Waals surface area contributed by atoms with Gasteiger partial charge in [-0.1, -0.05) is 18.2 Å². The van der Waals surface area contributed by atoms with Gasteiger partial charge < -0.3 is 15.5 Å². The molecule has 0 spiro atoms. The summed E-state index contributed by atoms with van der Waals surface area (Å²) in [7, 11) is 1.71. The summed E-state index contributed by atoms with van der Waals surface area (Å²) in [6.45, 7) is 2.72. The number of benzene rings is 1. The Kier molecular flexibility index (Phi) is 5.70. The smallest absolute Gasteiger partial charge is 0.241 e. The fourth-order valence-corrected chi connectivity index (χ4v) is 1.29. The summed E-state index contributed by atoms with van der Waals surface area (Å²) in [5.41, 5.74) is 0.879. The minimum absolute atomic E-state index is 0.0413. The third-order valence-electron chi connectivity index (χ3n) is 2.56. The highest BCUT2D eigenvalue weighted by Gasteiger charge is 2.08. The van der Waals surface area contributed by atoms with E-state index in [9.17, 15) is 9.59 Å². The second-order valence-electron chi connectivity index (χ2n) is 3.90. The molecule has 0 unspecified atom stereocenters. The van der Waals surface area contributed by atoms with Gasteiger partial charge in [-0.25, -0.2) is 0 Å². The lowest BCUT2D eigenvalue weighted by atomic mass is 10.3. The Morgan fingerprint density at radius 1 is 1.17 bits per heavy atom. The summed E-state index contributed by atoms with van der Waals surface area (Å²) in [6.07, 6.45) is 0. The first-order chi connectivity index (χ1) is 8.63. The number of carbonyl (C=O) groups is 2. The van der Waals surface area contributed by atoms with Crippen LogP contribution in [0.4, 0.5) is 5.69 Å². The Bertz CT molecular complexity index is 392. The number of hydrogen-bond acceptors (Lipinski definition) is 3. The lowest BCUT2D eigenvalue weighted by Crippen LogP contribution is -2.40. The molecule has 0 aliphatic heterocycles. The highest BCUT2D eigenvalue weighted by atomic mass is 16.2. The zero-order valence-corrected chi connectivity index (χ0v) is 10.8. The third kappa shape index (κ3) is 4.86. The Morgan fingerprint density at radius 2 is 1.83 bits per heavy atom. The molecule has 5 heteroatoms. The van der Waals surface area contributed by atoms with Crippen molar-refractivity contribution in [3.8, 4) is 0 Å². The number of anilines is 1. The maximum Gasteiger partial charge on any atom is 0.241 e. The van der Waals surface area contributed by atoms with E-state index < -0.39 is 0 Å². The molecule has 2 N–H and O–H groups in total. The summed E-state index contributed by atoms with van der Waals surface area (Å²) < 4.78 is 0. The Morgan fingerprint density at radius 3 is 2.44 bits per heavy atom.